The van der Waals surface area contributed by atoms with E-state index in [0.717, 1.165) is 12.0 Å². The Balaban J connectivity index is 1.57. The largest absolute Gasteiger partial charge is 0.455 e. The average molecular weight is 435 g/mol. The molecule has 0 aliphatic carbocycles. The van der Waals surface area contributed by atoms with Gasteiger partial charge in [-0.3, -0.25) is 14.4 Å². The summed E-state index contributed by atoms with van der Waals surface area (Å²) < 4.78 is 5.13. The fourth-order valence-corrected chi connectivity index (χ4v) is 3.57. The Labute approximate surface area is 178 Å². The summed E-state index contributed by atoms with van der Waals surface area (Å²) in [5, 5.41) is 3.54. The molecule has 0 aromatic heterocycles. The van der Waals surface area contributed by atoms with Gasteiger partial charge in [0.25, 0.3) is 5.91 Å². The quantitative estimate of drug-likeness (QED) is 0.694. The number of rotatable bonds is 6. The van der Waals surface area contributed by atoms with E-state index in [1.54, 1.807) is 24.3 Å². The van der Waals surface area contributed by atoms with E-state index in [9.17, 15) is 14.4 Å². The van der Waals surface area contributed by atoms with Crippen LogP contribution in [0.2, 0.25) is 10.0 Å². The van der Waals surface area contributed by atoms with Crippen molar-refractivity contribution in [2.45, 2.75) is 19.8 Å². The van der Waals surface area contributed by atoms with Gasteiger partial charge in [0.15, 0.2) is 6.61 Å². The maximum atomic E-state index is 12.4. The minimum Gasteiger partial charge on any atom is -0.455 e. The molecule has 1 heterocycles. The van der Waals surface area contributed by atoms with Crippen molar-refractivity contribution < 1.29 is 19.1 Å². The minimum atomic E-state index is -0.673. The zero-order valence-electron chi connectivity index (χ0n) is 15.8. The predicted molar refractivity (Wildman–Crippen MR) is 112 cm³/mol. The second-order valence-corrected chi connectivity index (χ2v) is 7.51. The van der Waals surface area contributed by atoms with Crippen molar-refractivity contribution in [2.75, 3.05) is 23.4 Å². The highest BCUT2D eigenvalue weighted by molar-refractivity contribution is 6.35. The molecule has 1 N–H and O–H groups in total. The molecule has 0 saturated carbocycles. The molecule has 1 aliphatic heterocycles. The van der Waals surface area contributed by atoms with Gasteiger partial charge in [0, 0.05) is 23.7 Å². The van der Waals surface area contributed by atoms with Gasteiger partial charge in [0.1, 0.15) is 0 Å². The summed E-state index contributed by atoms with van der Waals surface area (Å²) in [6, 6.07) is 12.2. The van der Waals surface area contributed by atoms with Gasteiger partial charge in [-0.25, -0.2) is 0 Å². The molecule has 0 bridgehead atoms. The highest BCUT2D eigenvalue weighted by atomic mass is 35.5. The SMILES string of the molecule is CCc1ccccc1NC(=O)COC(=O)[C@H]1CC(=O)N(c2cc(Cl)ccc2Cl)C1. The molecule has 1 aliphatic rings. The number of carbonyl (C=O) groups is 3. The third kappa shape index (κ3) is 5.08. The summed E-state index contributed by atoms with van der Waals surface area (Å²) in [6.07, 6.45) is 0.754. The lowest BCUT2D eigenvalue weighted by Crippen LogP contribution is -2.28. The number of ether oxygens (including phenoxy) is 1. The predicted octanol–water partition coefficient (Wildman–Crippen LogP) is 4.09. The molecule has 2 aromatic rings. The maximum Gasteiger partial charge on any atom is 0.311 e. The van der Waals surface area contributed by atoms with Gasteiger partial charge < -0.3 is 15.0 Å². The number of hydrogen-bond acceptors (Lipinski definition) is 4. The van der Waals surface area contributed by atoms with Crippen LogP contribution >= 0.6 is 23.2 Å². The Hall–Kier alpha value is -2.57. The van der Waals surface area contributed by atoms with Crippen LogP contribution in [0.4, 0.5) is 11.4 Å². The summed E-state index contributed by atoms with van der Waals surface area (Å²) in [4.78, 5) is 38.2. The average Bonchev–Trinajstić information content (AvgIpc) is 3.10. The van der Waals surface area contributed by atoms with Crippen LogP contribution in [-0.4, -0.2) is 30.9 Å². The number of hydrogen-bond donors (Lipinski definition) is 1. The molecule has 6 nitrogen and oxygen atoms in total. The lowest BCUT2D eigenvalue weighted by atomic mass is 10.1. The van der Waals surface area contributed by atoms with Gasteiger partial charge in [-0.1, -0.05) is 48.3 Å². The van der Waals surface area contributed by atoms with E-state index in [1.165, 1.54) is 4.90 Å². The molecule has 29 heavy (non-hydrogen) atoms. The number of amides is 2. The first-order valence-corrected chi connectivity index (χ1v) is 9.94. The van der Waals surface area contributed by atoms with Crippen LogP contribution in [0.15, 0.2) is 42.5 Å². The fourth-order valence-electron chi connectivity index (χ4n) is 3.18. The Bertz CT molecular complexity index is 948. The van der Waals surface area contributed by atoms with E-state index in [1.807, 2.05) is 25.1 Å². The van der Waals surface area contributed by atoms with Crippen LogP contribution in [0.5, 0.6) is 0 Å². The molecule has 2 aromatic carbocycles. The third-order valence-corrected chi connectivity index (χ3v) is 5.23. The van der Waals surface area contributed by atoms with Crippen molar-refractivity contribution in [1.82, 2.24) is 0 Å². The molecule has 1 fully saturated rings. The molecular formula is C21H20Cl2N2O4. The number of esters is 1. The van der Waals surface area contributed by atoms with Gasteiger partial charge in [-0.2, -0.15) is 0 Å². The molecule has 0 radical (unpaired) electrons. The second kappa shape index (κ2) is 9.29. The summed E-state index contributed by atoms with van der Waals surface area (Å²) >= 11 is 12.1. The van der Waals surface area contributed by atoms with Gasteiger partial charge in [0.2, 0.25) is 5.91 Å². The van der Waals surface area contributed by atoms with Crippen LogP contribution in [0, 0.1) is 5.92 Å². The Morgan fingerprint density at radius 2 is 1.97 bits per heavy atom. The van der Waals surface area contributed by atoms with Gasteiger partial charge in [0.05, 0.1) is 16.6 Å². The number of anilines is 2. The number of nitrogens with zero attached hydrogens (tertiary/aromatic N) is 1. The Morgan fingerprint density at radius 1 is 1.21 bits per heavy atom. The maximum absolute atomic E-state index is 12.4. The molecule has 2 amide bonds. The summed E-state index contributed by atoms with van der Waals surface area (Å²) in [5.74, 6) is -1.96. The van der Waals surface area contributed by atoms with Crippen LogP contribution in [-0.2, 0) is 25.5 Å². The highest BCUT2D eigenvalue weighted by Gasteiger charge is 2.37. The number of carbonyl (C=O) groups excluding carboxylic acids is 3. The molecular weight excluding hydrogens is 415 g/mol. The third-order valence-electron chi connectivity index (χ3n) is 4.68. The minimum absolute atomic E-state index is 0.0119. The van der Waals surface area contributed by atoms with Gasteiger partial charge in [-0.15, -0.1) is 0 Å². The number of aryl methyl sites for hydroxylation is 1. The monoisotopic (exact) mass is 434 g/mol. The number of nitrogens with one attached hydrogen (secondary N) is 1. The number of halogens is 2. The smallest absolute Gasteiger partial charge is 0.311 e. The van der Waals surface area contributed by atoms with Gasteiger partial charge in [-0.05, 0) is 36.2 Å². The van der Waals surface area contributed by atoms with Crippen molar-refractivity contribution in [3.8, 4) is 0 Å². The lowest BCUT2D eigenvalue weighted by Gasteiger charge is -2.18. The van der Waals surface area contributed by atoms with E-state index >= 15 is 0 Å². The summed E-state index contributed by atoms with van der Waals surface area (Å²) in [7, 11) is 0. The summed E-state index contributed by atoms with van der Waals surface area (Å²) in [6.45, 7) is 1.69. The van der Waals surface area contributed by atoms with Crippen molar-refractivity contribution >= 4 is 52.4 Å². The molecule has 0 unspecified atom stereocenters. The van der Waals surface area contributed by atoms with Gasteiger partial charge >= 0.3 is 5.97 Å². The van der Waals surface area contributed by atoms with E-state index < -0.39 is 24.4 Å². The highest BCUT2D eigenvalue weighted by Crippen LogP contribution is 2.33. The van der Waals surface area contributed by atoms with E-state index in [4.69, 9.17) is 27.9 Å². The van der Waals surface area contributed by atoms with Crippen molar-refractivity contribution in [3.63, 3.8) is 0 Å². The first-order valence-electron chi connectivity index (χ1n) is 9.18. The van der Waals surface area contributed by atoms with Crippen LogP contribution in [0.25, 0.3) is 0 Å². The molecule has 8 heteroatoms. The molecule has 152 valence electrons. The van der Waals surface area contributed by atoms with Crippen LogP contribution in [0.1, 0.15) is 18.9 Å². The lowest BCUT2D eigenvalue weighted by molar-refractivity contribution is -0.151. The normalized spacial score (nSPS) is 16.0. The topological polar surface area (TPSA) is 75.7 Å². The first kappa shape index (κ1) is 21.1. The standard InChI is InChI=1S/C21H20Cl2N2O4/c1-2-13-5-3-4-6-17(13)24-19(26)12-29-21(28)14-9-20(27)25(11-14)18-10-15(22)7-8-16(18)23/h3-8,10,14H,2,9,11-12H2,1H3,(H,24,26)/t14-/m0/s1. The van der Waals surface area contributed by atoms with Crippen molar-refractivity contribution in [3.05, 3.63) is 58.1 Å². The zero-order valence-corrected chi connectivity index (χ0v) is 17.3. The Morgan fingerprint density at radius 3 is 2.72 bits per heavy atom. The van der Waals surface area contributed by atoms with E-state index in [2.05, 4.69) is 5.32 Å². The van der Waals surface area contributed by atoms with Crippen LogP contribution < -0.4 is 10.2 Å². The number of para-hydroxylation sites is 1. The Kier molecular flexibility index (Phi) is 6.77. The molecule has 0 spiro atoms. The molecule has 1 saturated heterocycles. The fraction of sp³-hybridized carbons (Fsp3) is 0.286. The van der Waals surface area contributed by atoms with E-state index in [-0.39, 0.29) is 18.9 Å². The second-order valence-electron chi connectivity index (χ2n) is 6.67. The zero-order chi connectivity index (χ0) is 21.0. The van der Waals surface area contributed by atoms with E-state index in [0.29, 0.717) is 21.4 Å². The molecule has 1 atom stereocenters. The number of benzene rings is 2. The first-order chi connectivity index (χ1) is 13.9. The molecule has 3 rings (SSSR count). The van der Waals surface area contributed by atoms with Crippen molar-refractivity contribution in [2.24, 2.45) is 5.92 Å². The van der Waals surface area contributed by atoms with Crippen molar-refractivity contribution in [1.29, 1.82) is 0 Å². The summed E-state index contributed by atoms with van der Waals surface area (Å²) in [5.41, 5.74) is 2.13. The van der Waals surface area contributed by atoms with Crippen LogP contribution in [0.3, 0.4) is 0 Å².